The fourth-order valence-electron chi connectivity index (χ4n) is 3.81. The van der Waals surface area contributed by atoms with Gasteiger partial charge in [0.25, 0.3) is 5.91 Å². The number of benzene rings is 1. The summed E-state index contributed by atoms with van der Waals surface area (Å²) in [5.74, 6) is -0.787. The van der Waals surface area contributed by atoms with Gasteiger partial charge in [-0.15, -0.1) is 0 Å². The summed E-state index contributed by atoms with van der Waals surface area (Å²) in [5.41, 5.74) is 5.66. The van der Waals surface area contributed by atoms with Crippen molar-refractivity contribution in [1.82, 2.24) is 20.2 Å². The van der Waals surface area contributed by atoms with Gasteiger partial charge in [-0.25, -0.2) is 4.98 Å². The number of anilines is 1. The van der Waals surface area contributed by atoms with E-state index in [1.807, 2.05) is 30.3 Å². The van der Waals surface area contributed by atoms with Crippen molar-refractivity contribution in [2.75, 3.05) is 11.9 Å². The molecule has 0 radical (unpaired) electrons. The second-order valence-corrected chi connectivity index (χ2v) is 9.57. The normalized spacial score (nSPS) is 15.3. The van der Waals surface area contributed by atoms with E-state index in [-0.39, 0.29) is 37.5 Å². The second-order valence-electron chi connectivity index (χ2n) is 9.57. The number of imidazole rings is 1. The largest absolute Gasteiger partial charge is 0.374 e. The first-order valence-corrected chi connectivity index (χ1v) is 12.0. The molecule has 10 nitrogen and oxygen atoms in total. The van der Waals surface area contributed by atoms with Crippen LogP contribution >= 0.6 is 0 Å². The highest BCUT2D eigenvalue weighted by Gasteiger charge is 2.28. The van der Waals surface area contributed by atoms with Crippen LogP contribution in [0.25, 0.3) is 0 Å². The molecule has 5 N–H and O–H groups in total. The summed E-state index contributed by atoms with van der Waals surface area (Å²) >= 11 is 0. The molecule has 1 aliphatic rings. The van der Waals surface area contributed by atoms with Crippen LogP contribution in [0.3, 0.4) is 0 Å². The minimum atomic E-state index is -1.16. The van der Waals surface area contributed by atoms with Gasteiger partial charge in [0.2, 0.25) is 11.8 Å². The van der Waals surface area contributed by atoms with Crippen LogP contribution < -0.4 is 21.7 Å². The second kappa shape index (κ2) is 12.5. The zero-order chi connectivity index (χ0) is 25.3. The minimum Gasteiger partial charge on any atom is -0.374 e. The SMILES string of the molecule is CC(C)(N)C(=O)N[C@H](COCc1ccccc1)C(=O)Nc1cn(CC(=O)NC2CCCCC2)cn1. The third-order valence-electron chi connectivity index (χ3n) is 5.78. The highest BCUT2D eigenvalue weighted by Crippen LogP contribution is 2.17. The van der Waals surface area contributed by atoms with E-state index in [9.17, 15) is 14.4 Å². The molecule has 3 amide bonds. The first-order chi connectivity index (χ1) is 16.7. The standard InChI is InChI=1S/C25H36N6O4/c1-25(2,26)24(34)29-20(16-35-15-18-9-5-3-6-10-18)23(33)30-21-13-31(17-27-21)14-22(32)28-19-11-7-4-8-12-19/h3,5-6,9-10,13,17,19-20H,4,7-8,11-12,14-16,26H2,1-2H3,(H,28,32)(H,29,34)(H,30,33)/t20-/m1/s1. The Bertz CT molecular complexity index is 979. The van der Waals surface area contributed by atoms with Gasteiger partial charge in [0.15, 0.2) is 5.82 Å². The van der Waals surface area contributed by atoms with Crippen LogP contribution in [0.15, 0.2) is 42.9 Å². The van der Waals surface area contributed by atoms with E-state index in [1.54, 1.807) is 24.6 Å². The molecule has 10 heteroatoms. The number of hydrogen-bond acceptors (Lipinski definition) is 6. The first-order valence-electron chi connectivity index (χ1n) is 12.0. The molecule has 1 aromatic heterocycles. The van der Waals surface area contributed by atoms with Crippen molar-refractivity contribution in [3.05, 3.63) is 48.4 Å². The van der Waals surface area contributed by atoms with Crippen LogP contribution in [0.5, 0.6) is 0 Å². The van der Waals surface area contributed by atoms with Gasteiger partial charge < -0.3 is 31.0 Å². The van der Waals surface area contributed by atoms with Crippen LogP contribution in [0, 0.1) is 0 Å². The molecule has 0 bridgehead atoms. The molecule has 1 aliphatic carbocycles. The van der Waals surface area contributed by atoms with Crippen molar-refractivity contribution < 1.29 is 19.1 Å². The van der Waals surface area contributed by atoms with Crippen molar-refractivity contribution in [3.8, 4) is 0 Å². The average molecular weight is 485 g/mol. The van der Waals surface area contributed by atoms with Crippen molar-refractivity contribution in [2.45, 2.75) is 76.7 Å². The summed E-state index contributed by atoms with van der Waals surface area (Å²) in [5, 5.41) is 8.39. The van der Waals surface area contributed by atoms with Crippen LogP contribution in [0.1, 0.15) is 51.5 Å². The number of ether oxygens (including phenoxy) is 1. The van der Waals surface area contributed by atoms with Gasteiger partial charge in [-0.1, -0.05) is 49.6 Å². The Hall–Kier alpha value is -3.24. The van der Waals surface area contributed by atoms with Crippen molar-refractivity contribution in [1.29, 1.82) is 0 Å². The minimum absolute atomic E-state index is 0.0486. The third-order valence-corrected chi connectivity index (χ3v) is 5.78. The quantitative estimate of drug-likeness (QED) is 0.383. The molecule has 2 aromatic rings. The van der Waals surface area contributed by atoms with Gasteiger partial charge in [0, 0.05) is 12.2 Å². The number of nitrogens with two attached hydrogens (primary N) is 1. The molecule has 35 heavy (non-hydrogen) atoms. The van der Waals surface area contributed by atoms with E-state index < -0.39 is 23.4 Å². The summed E-state index contributed by atoms with van der Waals surface area (Å²) in [7, 11) is 0. The predicted octanol–water partition coefficient (Wildman–Crippen LogP) is 1.71. The maximum Gasteiger partial charge on any atom is 0.250 e. The molecule has 3 rings (SSSR count). The average Bonchev–Trinajstić information content (AvgIpc) is 3.25. The Kier molecular flexibility index (Phi) is 9.39. The number of aromatic nitrogens is 2. The van der Waals surface area contributed by atoms with E-state index in [4.69, 9.17) is 10.5 Å². The molecule has 0 saturated heterocycles. The zero-order valence-corrected chi connectivity index (χ0v) is 20.5. The van der Waals surface area contributed by atoms with E-state index in [0.29, 0.717) is 0 Å². The highest BCUT2D eigenvalue weighted by atomic mass is 16.5. The van der Waals surface area contributed by atoms with Crippen molar-refractivity contribution in [2.24, 2.45) is 5.73 Å². The summed E-state index contributed by atoms with van der Waals surface area (Å²) in [6.45, 7) is 3.47. The Morgan fingerprint density at radius 2 is 1.89 bits per heavy atom. The predicted molar refractivity (Wildman–Crippen MR) is 132 cm³/mol. The summed E-state index contributed by atoms with van der Waals surface area (Å²) in [6, 6.07) is 8.77. The maximum absolute atomic E-state index is 12.9. The topological polar surface area (TPSA) is 140 Å². The molecule has 0 spiro atoms. The van der Waals surface area contributed by atoms with Gasteiger partial charge in [-0.05, 0) is 32.3 Å². The lowest BCUT2D eigenvalue weighted by atomic mass is 9.95. The maximum atomic E-state index is 12.9. The van der Waals surface area contributed by atoms with E-state index in [0.717, 1.165) is 31.2 Å². The van der Waals surface area contributed by atoms with Crippen LogP contribution in [0.2, 0.25) is 0 Å². The third kappa shape index (κ3) is 8.80. The molecule has 0 unspecified atom stereocenters. The van der Waals surface area contributed by atoms with Gasteiger partial charge in [-0.3, -0.25) is 14.4 Å². The Morgan fingerprint density at radius 1 is 1.17 bits per heavy atom. The number of carbonyl (C=O) groups is 3. The highest BCUT2D eigenvalue weighted by molar-refractivity contribution is 5.98. The number of amides is 3. The monoisotopic (exact) mass is 484 g/mol. The van der Waals surface area contributed by atoms with Crippen LogP contribution in [-0.4, -0.2) is 51.5 Å². The fourth-order valence-corrected chi connectivity index (χ4v) is 3.81. The van der Waals surface area contributed by atoms with Crippen LogP contribution in [0.4, 0.5) is 5.82 Å². The summed E-state index contributed by atoms with van der Waals surface area (Å²) in [6.07, 6.45) is 8.58. The molecule has 0 aliphatic heterocycles. The van der Waals surface area contributed by atoms with Crippen molar-refractivity contribution in [3.63, 3.8) is 0 Å². The lowest BCUT2D eigenvalue weighted by Crippen LogP contribution is -2.56. The Balaban J connectivity index is 1.55. The lowest BCUT2D eigenvalue weighted by molar-refractivity contribution is -0.130. The van der Waals surface area contributed by atoms with Gasteiger partial charge in [-0.2, -0.15) is 0 Å². The van der Waals surface area contributed by atoms with Gasteiger partial charge in [0.1, 0.15) is 12.6 Å². The van der Waals surface area contributed by atoms with E-state index >= 15 is 0 Å². The molecule has 190 valence electrons. The van der Waals surface area contributed by atoms with Gasteiger partial charge in [0.05, 0.1) is 25.1 Å². The number of nitrogens with one attached hydrogen (secondary N) is 3. The molecular formula is C25H36N6O4. The molecular weight excluding hydrogens is 448 g/mol. The summed E-state index contributed by atoms with van der Waals surface area (Å²) in [4.78, 5) is 41.9. The van der Waals surface area contributed by atoms with E-state index in [2.05, 4.69) is 20.9 Å². The fraction of sp³-hybridized carbons (Fsp3) is 0.520. The molecule has 1 aromatic carbocycles. The lowest BCUT2D eigenvalue weighted by Gasteiger charge is -2.23. The Morgan fingerprint density at radius 3 is 2.57 bits per heavy atom. The zero-order valence-electron chi connectivity index (χ0n) is 20.5. The van der Waals surface area contributed by atoms with Crippen LogP contribution in [-0.2, 0) is 32.3 Å². The number of rotatable bonds is 11. The Labute approximate surface area is 206 Å². The molecule has 1 heterocycles. The molecule has 1 atom stereocenters. The van der Waals surface area contributed by atoms with E-state index in [1.165, 1.54) is 12.7 Å². The van der Waals surface area contributed by atoms with Crippen molar-refractivity contribution >= 4 is 23.5 Å². The number of nitrogens with zero attached hydrogens (tertiary/aromatic N) is 2. The first kappa shape index (κ1) is 26.4. The van der Waals surface area contributed by atoms with Gasteiger partial charge >= 0.3 is 0 Å². The smallest absolute Gasteiger partial charge is 0.250 e. The number of hydrogen-bond donors (Lipinski definition) is 4. The summed E-state index contributed by atoms with van der Waals surface area (Å²) < 4.78 is 7.30. The molecule has 1 fully saturated rings. The molecule has 1 saturated carbocycles. The number of carbonyl (C=O) groups excluding carboxylic acids is 3.